The quantitative estimate of drug-likeness (QED) is 0.345. The number of aliphatic carboxylic acids is 1. The number of nitrogens with one attached hydrogen (secondary N) is 1. The fourth-order valence-electron chi connectivity index (χ4n) is 1.77. The van der Waals surface area contributed by atoms with Gasteiger partial charge in [-0.3, -0.25) is 19.3 Å². The number of unbranched alkanes of at least 4 members (excludes halogenated alkanes) is 1. The summed E-state index contributed by atoms with van der Waals surface area (Å²) in [5.41, 5.74) is 0. The van der Waals surface area contributed by atoms with Crippen molar-refractivity contribution in [2.75, 3.05) is 39.5 Å². The Hall–Kier alpha value is -2.26. The topological polar surface area (TPSA) is 122 Å². The summed E-state index contributed by atoms with van der Waals surface area (Å²) >= 11 is 0. The molecule has 0 atom stereocenters. The van der Waals surface area contributed by atoms with Gasteiger partial charge in [0.2, 0.25) is 5.91 Å². The molecule has 1 heterocycles. The van der Waals surface area contributed by atoms with E-state index in [1.54, 1.807) is 0 Å². The number of carboxylic acid groups (broad SMARTS) is 1. The molecule has 128 valence electrons. The van der Waals surface area contributed by atoms with Crippen LogP contribution < -0.4 is 5.32 Å². The van der Waals surface area contributed by atoms with E-state index in [2.05, 4.69) is 5.32 Å². The number of hydrogen-bond acceptors (Lipinski definition) is 6. The van der Waals surface area contributed by atoms with Crippen molar-refractivity contribution in [3.63, 3.8) is 0 Å². The van der Waals surface area contributed by atoms with E-state index in [1.165, 1.54) is 12.2 Å². The van der Waals surface area contributed by atoms with E-state index < -0.39 is 12.6 Å². The Kier molecular flexibility index (Phi) is 8.55. The number of nitrogens with zero attached hydrogens (tertiary/aromatic N) is 1. The van der Waals surface area contributed by atoms with Crippen molar-refractivity contribution >= 4 is 23.7 Å². The molecular weight excluding hydrogens is 308 g/mol. The lowest BCUT2D eigenvalue weighted by Crippen LogP contribution is -2.32. The van der Waals surface area contributed by atoms with Crippen molar-refractivity contribution in [3.05, 3.63) is 12.2 Å². The third kappa shape index (κ3) is 8.07. The Bertz CT molecular complexity index is 458. The molecule has 0 radical (unpaired) electrons. The molecule has 0 saturated carbocycles. The summed E-state index contributed by atoms with van der Waals surface area (Å²) in [4.78, 5) is 45.3. The van der Waals surface area contributed by atoms with Crippen LogP contribution in [0, 0.1) is 0 Å². The molecule has 23 heavy (non-hydrogen) atoms. The van der Waals surface area contributed by atoms with Crippen LogP contribution in [0.3, 0.4) is 0 Å². The molecule has 0 bridgehead atoms. The number of carbonyl (C=O) groups is 4. The van der Waals surface area contributed by atoms with Crippen LogP contribution in [-0.2, 0) is 28.7 Å². The summed E-state index contributed by atoms with van der Waals surface area (Å²) in [7, 11) is 0. The van der Waals surface area contributed by atoms with Gasteiger partial charge < -0.3 is 19.9 Å². The van der Waals surface area contributed by atoms with Crippen LogP contribution in [0.4, 0.5) is 0 Å². The Balaban J connectivity index is 1.93. The molecule has 0 aromatic rings. The molecule has 0 spiro atoms. The Morgan fingerprint density at radius 3 is 2.26 bits per heavy atom. The zero-order chi connectivity index (χ0) is 17.1. The van der Waals surface area contributed by atoms with Crippen LogP contribution in [0.15, 0.2) is 12.2 Å². The largest absolute Gasteiger partial charge is 0.480 e. The van der Waals surface area contributed by atoms with Gasteiger partial charge in [0.25, 0.3) is 11.8 Å². The minimum absolute atomic E-state index is 0.103. The summed E-state index contributed by atoms with van der Waals surface area (Å²) in [6.07, 6.45) is 3.71. The molecule has 0 aromatic carbocycles. The molecule has 9 heteroatoms. The van der Waals surface area contributed by atoms with Gasteiger partial charge in [-0.1, -0.05) is 0 Å². The van der Waals surface area contributed by atoms with E-state index in [4.69, 9.17) is 14.6 Å². The minimum atomic E-state index is -1.06. The molecular formula is C14H20N2O7. The lowest BCUT2D eigenvalue weighted by molar-refractivity contribution is -0.143. The third-order valence-electron chi connectivity index (χ3n) is 2.86. The second-order valence-electron chi connectivity index (χ2n) is 4.72. The van der Waals surface area contributed by atoms with Crippen molar-refractivity contribution < 1.29 is 33.8 Å². The molecule has 0 fully saturated rings. The Morgan fingerprint density at radius 1 is 1.04 bits per heavy atom. The third-order valence-corrected chi connectivity index (χ3v) is 2.86. The molecule has 0 saturated heterocycles. The zero-order valence-electron chi connectivity index (χ0n) is 12.7. The molecule has 0 aromatic heterocycles. The second kappa shape index (κ2) is 10.5. The van der Waals surface area contributed by atoms with E-state index in [0.717, 1.165) is 4.90 Å². The van der Waals surface area contributed by atoms with E-state index in [-0.39, 0.29) is 37.5 Å². The van der Waals surface area contributed by atoms with Gasteiger partial charge in [0.1, 0.15) is 13.2 Å². The Labute approximate surface area is 133 Å². The average Bonchev–Trinajstić information content (AvgIpc) is 2.81. The number of ether oxygens (including phenoxy) is 2. The average molecular weight is 328 g/mol. The standard InChI is InChI=1S/C14H20N2O7/c17-11(9-22-7-8-23-10-14(20)21)15-5-1-2-6-16-12(18)3-4-13(16)19/h3-4H,1-2,5-10H2,(H,15,17)(H,20,21). The lowest BCUT2D eigenvalue weighted by atomic mass is 10.3. The molecule has 0 unspecified atom stereocenters. The SMILES string of the molecule is O=C(O)COCCOCC(=O)NCCCCN1C(=O)C=CC1=O. The number of carbonyl (C=O) groups excluding carboxylic acids is 3. The first-order valence-electron chi connectivity index (χ1n) is 7.18. The van der Waals surface area contributed by atoms with Crippen LogP contribution >= 0.6 is 0 Å². The minimum Gasteiger partial charge on any atom is -0.480 e. The number of carboxylic acids is 1. The van der Waals surface area contributed by atoms with E-state index >= 15 is 0 Å². The summed E-state index contributed by atoms with van der Waals surface area (Å²) in [6.45, 7) is 0.453. The second-order valence-corrected chi connectivity index (χ2v) is 4.72. The highest BCUT2D eigenvalue weighted by Crippen LogP contribution is 2.04. The monoisotopic (exact) mass is 328 g/mol. The van der Waals surface area contributed by atoms with Gasteiger partial charge in [-0.2, -0.15) is 0 Å². The zero-order valence-corrected chi connectivity index (χ0v) is 12.7. The molecule has 1 aliphatic heterocycles. The van der Waals surface area contributed by atoms with Crippen LogP contribution in [0.2, 0.25) is 0 Å². The molecule has 3 amide bonds. The highest BCUT2D eigenvalue weighted by atomic mass is 16.5. The normalized spacial score (nSPS) is 13.7. The van der Waals surface area contributed by atoms with Gasteiger partial charge in [-0.05, 0) is 12.8 Å². The van der Waals surface area contributed by atoms with Gasteiger partial charge >= 0.3 is 5.97 Å². The summed E-state index contributed by atoms with van der Waals surface area (Å²) in [5.74, 6) is -1.97. The Morgan fingerprint density at radius 2 is 1.65 bits per heavy atom. The number of imide groups is 1. The van der Waals surface area contributed by atoms with Crippen LogP contribution in [0.1, 0.15) is 12.8 Å². The molecule has 9 nitrogen and oxygen atoms in total. The molecule has 2 N–H and O–H groups in total. The van der Waals surface area contributed by atoms with Crippen molar-refractivity contribution in [2.45, 2.75) is 12.8 Å². The molecule has 1 aliphatic rings. The van der Waals surface area contributed by atoms with Gasteiger partial charge in [0.05, 0.1) is 13.2 Å². The predicted octanol–water partition coefficient (Wildman–Crippen LogP) is -1.07. The maximum Gasteiger partial charge on any atom is 0.329 e. The van der Waals surface area contributed by atoms with Crippen molar-refractivity contribution in [2.24, 2.45) is 0 Å². The summed E-state index contributed by atoms with van der Waals surface area (Å²) < 4.78 is 9.74. The highest BCUT2D eigenvalue weighted by Gasteiger charge is 2.22. The fraction of sp³-hybridized carbons (Fsp3) is 0.571. The number of amides is 3. The van der Waals surface area contributed by atoms with Crippen LogP contribution in [0.5, 0.6) is 0 Å². The van der Waals surface area contributed by atoms with Gasteiger partial charge in [-0.25, -0.2) is 4.79 Å². The van der Waals surface area contributed by atoms with E-state index in [9.17, 15) is 19.2 Å². The summed E-state index contributed by atoms with van der Waals surface area (Å²) in [5, 5.41) is 11.0. The first-order valence-corrected chi connectivity index (χ1v) is 7.18. The van der Waals surface area contributed by atoms with Gasteiger partial charge in [-0.15, -0.1) is 0 Å². The first kappa shape index (κ1) is 18.8. The lowest BCUT2D eigenvalue weighted by Gasteiger charge is -2.13. The van der Waals surface area contributed by atoms with Crippen molar-refractivity contribution in [1.29, 1.82) is 0 Å². The number of hydrogen-bond donors (Lipinski definition) is 2. The fourth-order valence-corrected chi connectivity index (χ4v) is 1.77. The van der Waals surface area contributed by atoms with Gasteiger partial charge in [0.15, 0.2) is 0 Å². The van der Waals surface area contributed by atoms with Crippen LogP contribution in [-0.4, -0.2) is 73.2 Å². The maximum atomic E-state index is 11.4. The first-order chi connectivity index (χ1) is 11.0. The highest BCUT2D eigenvalue weighted by molar-refractivity contribution is 6.12. The van der Waals surface area contributed by atoms with Gasteiger partial charge in [0, 0.05) is 25.2 Å². The van der Waals surface area contributed by atoms with E-state index in [1.807, 2.05) is 0 Å². The molecule has 1 rings (SSSR count). The van der Waals surface area contributed by atoms with E-state index in [0.29, 0.717) is 25.9 Å². The number of rotatable bonds is 12. The molecule has 0 aliphatic carbocycles. The van der Waals surface area contributed by atoms with Crippen molar-refractivity contribution in [3.8, 4) is 0 Å². The van der Waals surface area contributed by atoms with Crippen LogP contribution in [0.25, 0.3) is 0 Å². The van der Waals surface area contributed by atoms with Crippen molar-refractivity contribution in [1.82, 2.24) is 10.2 Å². The smallest absolute Gasteiger partial charge is 0.329 e. The predicted molar refractivity (Wildman–Crippen MR) is 77.4 cm³/mol. The summed E-state index contributed by atoms with van der Waals surface area (Å²) in [6, 6.07) is 0. The maximum absolute atomic E-state index is 11.4.